The Hall–Kier alpha value is -3.26. The van der Waals surface area contributed by atoms with Crippen LogP contribution in [0.5, 0.6) is 0 Å². The summed E-state index contributed by atoms with van der Waals surface area (Å²) in [6.45, 7) is 0. The summed E-state index contributed by atoms with van der Waals surface area (Å²) in [4.78, 5) is 0. The third kappa shape index (κ3) is 2.27. The minimum atomic E-state index is 1.20. The lowest BCUT2D eigenvalue weighted by molar-refractivity contribution is 1.18. The maximum atomic E-state index is 2.37. The number of hydrogen-bond donors (Lipinski definition) is 0. The Labute approximate surface area is 153 Å². The van der Waals surface area contributed by atoms with Crippen molar-refractivity contribution in [1.82, 2.24) is 4.57 Å². The van der Waals surface area contributed by atoms with Crippen molar-refractivity contribution in [3.63, 3.8) is 0 Å². The molecule has 0 N–H and O–H groups in total. The zero-order valence-electron chi connectivity index (χ0n) is 14.7. The highest BCUT2D eigenvalue weighted by Crippen LogP contribution is 2.31. The summed E-state index contributed by atoms with van der Waals surface area (Å²) in [5.41, 5.74) is 7.52. The summed E-state index contributed by atoms with van der Waals surface area (Å²) in [6.07, 6.45) is 0. The molecule has 5 aromatic rings. The first kappa shape index (κ1) is 15.0. The van der Waals surface area contributed by atoms with Gasteiger partial charge in [0.15, 0.2) is 0 Å². The Morgan fingerprint density at radius 3 is 2.00 bits per heavy atom. The highest BCUT2D eigenvalue weighted by Gasteiger charge is 2.12. The van der Waals surface area contributed by atoms with Gasteiger partial charge in [0.05, 0.1) is 11.0 Å². The van der Waals surface area contributed by atoms with Gasteiger partial charge < -0.3 is 4.57 Å². The molecule has 0 aliphatic heterocycles. The van der Waals surface area contributed by atoms with Gasteiger partial charge >= 0.3 is 0 Å². The summed E-state index contributed by atoms with van der Waals surface area (Å²) >= 11 is 0. The van der Waals surface area contributed by atoms with Crippen LogP contribution in [0.2, 0.25) is 0 Å². The third-order valence-corrected chi connectivity index (χ3v) is 5.14. The Morgan fingerprint density at radius 2 is 1.19 bits per heavy atom. The molecule has 0 aliphatic rings. The molecule has 0 unspecified atom stereocenters. The molecular formula is C24H18BN. The van der Waals surface area contributed by atoms with Crippen molar-refractivity contribution >= 4 is 35.1 Å². The summed E-state index contributed by atoms with van der Waals surface area (Å²) in [5, 5.41) is 2.66. The van der Waals surface area contributed by atoms with Crippen molar-refractivity contribution in [3.8, 4) is 16.8 Å². The van der Waals surface area contributed by atoms with Crippen LogP contribution in [0.25, 0.3) is 38.6 Å². The number of rotatable bonds is 2. The zero-order valence-corrected chi connectivity index (χ0v) is 14.7. The fraction of sp³-hybridized carbons (Fsp3) is 0. The molecule has 0 saturated carbocycles. The molecule has 26 heavy (non-hydrogen) atoms. The Kier molecular flexibility index (Phi) is 3.43. The summed E-state index contributed by atoms with van der Waals surface area (Å²) in [7, 11) is 2.19. The van der Waals surface area contributed by atoms with Gasteiger partial charge in [-0.2, -0.15) is 0 Å². The second kappa shape index (κ2) is 5.92. The molecule has 0 fully saturated rings. The molecule has 0 atom stereocenters. The Morgan fingerprint density at radius 1 is 0.538 bits per heavy atom. The van der Waals surface area contributed by atoms with Crippen LogP contribution in [-0.2, 0) is 0 Å². The minimum absolute atomic E-state index is 1.20. The largest absolute Gasteiger partial charge is 0.309 e. The predicted octanol–water partition coefficient (Wildman–Crippen LogP) is 4.71. The molecule has 0 aliphatic carbocycles. The van der Waals surface area contributed by atoms with E-state index in [9.17, 15) is 0 Å². The van der Waals surface area contributed by atoms with Gasteiger partial charge in [0.2, 0.25) is 0 Å². The van der Waals surface area contributed by atoms with Crippen LogP contribution in [0.1, 0.15) is 0 Å². The average molecular weight is 331 g/mol. The molecule has 122 valence electrons. The van der Waals surface area contributed by atoms with Crippen LogP contribution in [0.4, 0.5) is 0 Å². The van der Waals surface area contributed by atoms with Gasteiger partial charge in [-0.3, -0.25) is 0 Å². The standard InChI is InChI=1S/C24H18BN/c25-21-10-6-12-23-24(21)20-9-4-5-11-22(20)26(23)19-15-13-18(14-16-19)17-7-2-1-3-8-17/h1-16H,25H2. The lowest BCUT2D eigenvalue weighted by Crippen LogP contribution is -2.02. The molecule has 0 saturated heterocycles. The van der Waals surface area contributed by atoms with Crippen LogP contribution in [0, 0.1) is 0 Å². The van der Waals surface area contributed by atoms with Crippen molar-refractivity contribution in [2.45, 2.75) is 0 Å². The van der Waals surface area contributed by atoms with E-state index in [1.165, 1.54) is 44.1 Å². The number of para-hydroxylation sites is 1. The Balaban J connectivity index is 1.75. The van der Waals surface area contributed by atoms with Gasteiger partial charge in [0.1, 0.15) is 7.85 Å². The highest BCUT2D eigenvalue weighted by molar-refractivity contribution is 6.41. The molecular weight excluding hydrogens is 313 g/mol. The monoisotopic (exact) mass is 331 g/mol. The van der Waals surface area contributed by atoms with E-state index >= 15 is 0 Å². The Bertz CT molecular complexity index is 1220. The molecule has 0 radical (unpaired) electrons. The second-order valence-electron chi connectivity index (χ2n) is 6.73. The van der Waals surface area contributed by atoms with Gasteiger partial charge in [-0.05, 0) is 35.4 Å². The molecule has 2 heteroatoms. The van der Waals surface area contributed by atoms with Crippen molar-refractivity contribution in [2.24, 2.45) is 0 Å². The first-order valence-electron chi connectivity index (χ1n) is 8.97. The minimum Gasteiger partial charge on any atom is -0.309 e. The fourth-order valence-corrected chi connectivity index (χ4v) is 3.91. The second-order valence-corrected chi connectivity index (χ2v) is 6.73. The summed E-state index contributed by atoms with van der Waals surface area (Å²) in [5.74, 6) is 0. The van der Waals surface area contributed by atoms with E-state index in [-0.39, 0.29) is 0 Å². The zero-order chi connectivity index (χ0) is 17.5. The van der Waals surface area contributed by atoms with E-state index in [2.05, 4.69) is 109 Å². The number of fused-ring (bicyclic) bond motifs is 3. The van der Waals surface area contributed by atoms with Crippen molar-refractivity contribution < 1.29 is 0 Å². The number of nitrogens with zero attached hydrogens (tertiary/aromatic N) is 1. The van der Waals surface area contributed by atoms with Gasteiger partial charge in [0, 0.05) is 16.5 Å². The third-order valence-electron chi connectivity index (χ3n) is 5.14. The number of benzene rings is 4. The lowest BCUT2D eigenvalue weighted by atomic mass is 9.91. The van der Waals surface area contributed by atoms with E-state index < -0.39 is 0 Å². The van der Waals surface area contributed by atoms with Crippen LogP contribution in [-0.4, -0.2) is 12.4 Å². The normalized spacial score (nSPS) is 11.2. The SMILES string of the molecule is Bc1cccc2c1c1ccccc1n2-c1ccc(-c2ccccc2)cc1. The highest BCUT2D eigenvalue weighted by atomic mass is 15.0. The quantitative estimate of drug-likeness (QED) is 0.413. The van der Waals surface area contributed by atoms with Gasteiger partial charge in [-0.25, -0.2) is 0 Å². The molecule has 0 spiro atoms. The van der Waals surface area contributed by atoms with E-state index in [1.54, 1.807) is 0 Å². The molecule has 1 heterocycles. The van der Waals surface area contributed by atoms with Crippen molar-refractivity contribution in [2.75, 3.05) is 0 Å². The molecule has 1 aromatic heterocycles. The maximum Gasteiger partial charge on any atom is 0.140 e. The first-order valence-corrected chi connectivity index (χ1v) is 8.97. The van der Waals surface area contributed by atoms with Crippen LogP contribution < -0.4 is 5.46 Å². The maximum absolute atomic E-state index is 2.37. The molecule has 5 rings (SSSR count). The van der Waals surface area contributed by atoms with Gasteiger partial charge in [0.25, 0.3) is 0 Å². The molecule has 0 amide bonds. The van der Waals surface area contributed by atoms with E-state index in [1.807, 2.05) is 0 Å². The van der Waals surface area contributed by atoms with Crippen LogP contribution in [0.15, 0.2) is 97.1 Å². The first-order chi connectivity index (χ1) is 12.8. The van der Waals surface area contributed by atoms with Crippen molar-refractivity contribution in [3.05, 3.63) is 97.1 Å². The van der Waals surface area contributed by atoms with Crippen LogP contribution in [0.3, 0.4) is 0 Å². The van der Waals surface area contributed by atoms with E-state index in [4.69, 9.17) is 0 Å². The molecule has 0 bridgehead atoms. The average Bonchev–Trinajstić information content (AvgIpc) is 3.04. The number of hydrogen-bond acceptors (Lipinski definition) is 0. The number of aromatic nitrogens is 1. The van der Waals surface area contributed by atoms with E-state index in [0.717, 1.165) is 0 Å². The topological polar surface area (TPSA) is 4.93 Å². The summed E-state index contributed by atoms with van der Waals surface area (Å²) in [6, 6.07) is 34.6. The summed E-state index contributed by atoms with van der Waals surface area (Å²) < 4.78 is 2.37. The smallest absolute Gasteiger partial charge is 0.140 e. The van der Waals surface area contributed by atoms with Crippen LogP contribution >= 0.6 is 0 Å². The van der Waals surface area contributed by atoms with Crippen molar-refractivity contribution in [1.29, 1.82) is 0 Å². The predicted molar refractivity (Wildman–Crippen MR) is 114 cm³/mol. The van der Waals surface area contributed by atoms with E-state index in [0.29, 0.717) is 0 Å². The van der Waals surface area contributed by atoms with Gasteiger partial charge in [-0.1, -0.05) is 78.3 Å². The fourth-order valence-electron chi connectivity index (χ4n) is 3.91. The molecule has 4 aromatic carbocycles. The molecule has 1 nitrogen and oxygen atoms in total. The lowest BCUT2D eigenvalue weighted by Gasteiger charge is -2.09. The van der Waals surface area contributed by atoms with Gasteiger partial charge in [-0.15, -0.1) is 0 Å².